The minimum Gasteiger partial charge on any atom is -0.376 e. The zero-order valence-corrected chi connectivity index (χ0v) is 13.7. The summed E-state index contributed by atoms with van der Waals surface area (Å²) in [4.78, 5) is 9.05. The number of rotatable bonds is 3. The van der Waals surface area contributed by atoms with Gasteiger partial charge in [0.2, 0.25) is 0 Å². The number of nitrogens with one attached hydrogen (secondary N) is 1. The number of hydrogen-bond donors (Lipinski definition) is 1. The third kappa shape index (κ3) is 3.41. The standard InChI is InChI=1S/C15H24ClN3O/c1-9-12(16)18-14(15(3,4)5)19-13(9)17-10(2)11-7-6-8-20-11/h10-11H,6-8H2,1-5H3,(H,17,18,19). The van der Waals surface area contributed by atoms with Crippen LogP contribution < -0.4 is 5.32 Å². The summed E-state index contributed by atoms with van der Waals surface area (Å²) in [5, 5.41) is 3.97. The van der Waals surface area contributed by atoms with Gasteiger partial charge in [-0.3, -0.25) is 0 Å². The lowest BCUT2D eigenvalue weighted by Gasteiger charge is -2.24. The Hall–Kier alpha value is -0.870. The molecule has 1 N–H and O–H groups in total. The van der Waals surface area contributed by atoms with Crippen molar-refractivity contribution in [1.82, 2.24) is 9.97 Å². The molecule has 5 heteroatoms. The van der Waals surface area contributed by atoms with Crippen LogP contribution in [0.2, 0.25) is 5.15 Å². The lowest BCUT2D eigenvalue weighted by Crippen LogP contribution is -2.31. The Labute approximate surface area is 126 Å². The SMILES string of the molecule is Cc1c(Cl)nc(C(C)(C)C)nc1NC(C)C1CCCO1. The van der Waals surface area contributed by atoms with E-state index in [4.69, 9.17) is 16.3 Å². The largest absolute Gasteiger partial charge is 0.376 e. The van der Waals surface area contributed by atoms with Gasteiger partial charge in [0.15, 0.2) is 0 Å². The van der Waals surface area contributed by atoms with Gasteiger partial charge in [0.25, 0.3) is 0 Å². The zero-order chi connectivity index (χ0) is 14.9. The Kier molecular flexibility index (Phi) is 4.55. The van der Waals surface area contributed by atoms with Crippen LogP contribution in [0.15, 0.2) is 0 Å². The molecule has 4 nitrogen and oxygen atoms in total. The average Bonchev–Trinajstić information content (AvgIpc) is 2.87. The van der Waals surface area contributed by atoms with Crippen LogP contribution in [-0.2, 0) is 10.2 Å². The van der Waals surface area contributed by atoms with Crippen molar-refractivity contribution in [1.29, 1.82) is 0 Å². The second-order valence-corrected chi connectivity index (χ2v) is 6.90. The van der Waals surface area contributed by atoms with Gasteiger partial charge in [0, 0.05) is 17.6 Å². The summed E-state index contributed by atoms with van der Waals surface area (Å²) in [6.45, 7) is 11.2. The highest BCUT2D eigenvalue weighted by molar-refractivity contribution is 6.30. The third-order valence-corrected chi connectivity index (χ3v) is 4.01. The quantitative estimate of drug-likeness (QED) is 0.864. The van der Waals surface area contributed by atoms with Gasteiger partial charge in [-0.15, -0.1) is 0 Å². The van der Waals surface area contributed by atoms with Crippen molar-refractivity contribution >= 4 is 17.4 Å². The molecular weight excluding hydrogens is 274 g/mol. The van der Waals surface area contributed by atoms with Crippen LogP contribution in [0.25, 0.3) is 0 Å². The molecule has 112 valence electrons. The van der Waals surface area contributed by atoms with Gasteiger partial charge in [-0.25, -0.2) is 9.97 Å². The molecule has 20 heavy (non-hydrogen) atoms. The molecule has 1 fully saturated rings. The molecular formula is C15H24ClN3O. The van der Waals surface area contributed by atoms with Gasteiger partial charge in [-0.2, -0.15) is 0 Å². The van der Waals surface area contributed by atoms with Crippen molar-refractivity contribution in [3.05, 3.63) is 16.5 Å². The second-order valence-electron chi connectivity index (χ2n) is 6.55. The van der Waals surface area contributed by atoms with Crippen LogP contribution in [0.4, 0.5) is 5.82 Å². The molecule has 0 spiro atoms. The molecule has 1 aromatic heterocycles. The number of aromatic nitrogens is 2. The van der Waals surface area contributed by atoms with Crippen LogP contribution >= 0.6 is 11.6 Å². The first-order valence-corrected chi connectivity index (χ1v) is 7.59. The van der Waals surface area contributed by atoms with Crippen LogP contribution in [0, 0.1) is 6.92 Å². The summed E-state index contributed by atoms with van der Waals surface area (Å²) >= 11 is 6.25. The monoisotopic (exact) mass is 297 g/mol. The predicted molar refractivity (Wildman–Crippen MR) is 82.5 cm³/mol. The first-order chi connectivity index (χ1) is 9.29. The summed E-state index contributed by atoms with van der Waals surface area (Å²) < 4.78 is 5.72. The van der Waals surface area contributed by atoms with Gasteiger partial charge in [-0.05, 0) is 26.7 Å². The molecule has 1 aromatic rings. The Morgan fingerprint density at radius 3 is 2.60 bits per heavy atom. The fourth-order valence-electron chi connectivity index (χ4n) is 2.27. The van der Waals surface area contributed by atoms with E-state index in [1.54, 1.807) is 0 Å². The maximum atomic E-state index is 6.25. The molecule has 1 aliphatic heterocycles. The van der Waals surface area contributed by atoms with E-state index in [-0.39, 0.29) is 17.6 Å². The number of ether oxygens (including phenoxy) is 1. The molecule has 0 bridgehead atoms. The lowest BCUT2D eigenvalue weighted by atomic mass is 9.95. The summed E-state index contributed by atoms with van der Waals surface area (Å²) in [5.41, 5.74) is 0.769. The molecule has 1 saturated heterocycles. The highest BCUT2D eigenvalue weighted by Crippen LogP contribution is 2.27. The van der Waals surface area contributed by atoms with Gasteiger partial charge in [0.1, 0.15) is 16.8 Å². The van der Waals surface area contributed by atoms with Crippen molar-refractivity contribution in [2.24, 2.45) is 0 Å². The normalized spacial score (nSPS) is 21.0. The fraction of sp³-hybridized carbons (Fsp3) is 0.733. The highest BCUT2D eigenvalue weighted by Gasteiger charge is 2.25. The number of hydrogen-bond acceptors (Lipinski definition) is 4. The lowest BCUT2D eigenvalue weighted by molar-refractivity contribution is 0.0995. The fourth-order valence-corrected chi connectivity index (χ4v) is 2.44. The number of nitrogens with zero attached hydrogens (tertiary/aromatic N) is 2. The van der Waals surface area contributed by atoms with E-state index in [0.717, 1.165) is 36.7 Å². The van der Waals surface area contributed by atoms with Crippen molar-refractivity contribution in [2.75, 3.05) is 11.9 Å². The van der Waals surface area contributed by atoms with Crippen molar-refractivity contribution in [2.45, 2.75) is 65.0 Å². The molecule has 0 amide bonds. The highest BCUT2D eigenvalue weighted by atomic mass is 35.5. The molecule has 0 saturated carbocycles. The molecule has 1 aliphatic rings. The first kappa shape index (κ1) is 15.5. The van der Waals surface area contributed by atoms with E-state index in [1.807, 2.05) is 6.92 Å². The van der Waals surface area contributed by atoms with Gasteiger partial charge >= 0.3 is 0 Å². The minimum atomic E-state index is -0.124. The molecule has 0 aliphatic carbocycles. The van der Waals surface area contributed by atoms with E-state index >= 15 is 0 Å². The number of halogens is 1. The van der Waals surface area contributed by atoms with Crippen molar-refractivity contribution in [3.8, 4) is 0 Å². The number of anilines is 1. The molecule has 0 radical (unpaired) electrons. The third-order valence-electron chi connectivity index (χ3n) is 3.64. The van der Waals surface area contributed by atoms with Crippen molar-refractivity contribution < 1.29 is 4.74 Å². The van der Waals surface area contributed by atoms with Crippen LogP contribution in [0.3, 0.4) is 0 Å². The maximum Gasteiger partial charge on any atom is 0.137 e. The van der Waals surface area contributed by atoms with Gasteiger partial charge in [0.05, 0.1) is 12.1 Å². The summed E-state index contributed by atoms with van der Waals surface area (Å²) in [6, 6.07) is 0.218. The van der Waals surface area contributed by atoms with Crippen LogP contribution in [-0.4, -0.2) is 28.7 Å². The summed E-state index contributed by atoms with van der Waals surface area (Å²) in [5.74, 6) is 1.58. The van der Waals surface area contributed by atoms with E-state index in [2.05, 4.69) is 43.0 Å². The van der Waals surface area contributed by atoms with Gasteiger partial charge < -0.3 is 10.1 Å². The molecule has 2 heterocycles. The second kappa shape index (κ2) is 5.86. The molecule has 0 aromatic carbocycles. The van der Waals surface area contributed by atoms with Crippen LogP contribution in [0.5, 0.6) is 0 Å². The summed E-state index contributed by atoms with van der Waals surface area (Å²) in [6.07, 6.45) is 2.48. The van der Waals surface area contributed by atoms with E-state index < -0.39 is 0 Å². The van der Waals surface area contributed by atoms with Crippen molar-refractivity contribution in [3.63, 3.8) is 0 Å². The predicted octanol–water partition coefficient (Wildman–Crippen LogP) is 3.72. The van der Waals surface area contributed by atoms with E-state index in [1.165, 1.54) is 0 Å². The Balaban J connectivity index is 2.23. The maximum absolute atomic E-state index is 6.25. The van der Waals surface area contributed by atoms with Crippen LogP contribution in [0.1, 0.15) is 51.9 Å². The molecule has 2 atom stereocenters. The Bertz CT molecular complexity index is 479. The topological polar surface area (TPSA) is 47.0 Å². The molecule has 2 rings (SSSR count). The average molecular weight is 298 g/mol. The Morgan fingerprint density at radius 2 is 2.05 bits per heavy atom. The van der Waals surface area contributed by atoms with E-state index in [0.29, 0.717) is 5.15 Å². The summed E-state index contributed by atoms with van der Waals surface area (Å²) in [7, 11) is 0. The Morgan fingerprint density at radius 1 is 1.35 bits per heavy atom. The molecule has 2 unspecified atom stereocenters. The van der Waals surface area contributed by atoms with Gasteiger partial charge in [-0.1, -0.05) is 32.4 Å². The zero-order valence-electron chi connectivity index (χ0n) is 13.0. The van der Waals surface area contributed by atoms with E-state index in [9.17, 15) is 0 Å². The first-order valence-electron chi connectivity index (χ1n) is 7.22. The minimum absolute atomic E-state index is 0.124. The smallest absolute Gasteiger partial charge is 0.137 e.